The Hall–Kier alpha value is -1.11. The van der Waals surface area contributed by atoms with Crippen molar-refractivity contribution in [3.8, 4) is 0 Å². The summed E-state index contributed by atoms with van der Waals surface area (Å²) in [6.07, 6.45) is 0. The van der Waals surface area contributed by atoms with Crippen LogP contribution in [0.25, 0.3) is 0 Å². The van der Waals surface area contributed by atoms with Gasteiger partial charge in [0, 0.05) is 16.5 Å². The monoisotopic (exact) mass is 361 g/mol. The Morgan fingerprint density at radius 2 is 2.15 bits per heavy atom. The van der Waals surface area contributed by atoms with Gasteiger partial charge in [-0.05, 0) is 34.1 Å². The zero-order valence-electron chi connectivity index (χ0n) is 10.7. The second-order valence-electron chi connectivity index (χ2n) is 4.59. The first-order valence-electron chi connectivity index (χ1n) is 5.94. The molecule has 0 bridgehead atoms. The Labute approximate surface area is 129 Å². The van der Waals surface area contributed by atoms with Crippen molar-refractivity contribution in [1.82, 2.24) is 4.90 Å². The van der Waals surface area contributed by atoms with Gasteiger partial charge in [-0.3, -0.25) is 9.59 Å². The molecule has 1 heterocycles. The maximum atomic E-state index is 12.4. The lowest BCUT2D eigenvalue weighted by atomic mass is 10.0. The number of amides is 1. The molecule has 1 saturated heterocycles. The van der Waals surface area contributed by atoms with E-state index in [4.69, 9.17) is 21.4 Å². The molecule has 20 heavy (non-hydrogen) atoms. The van der Waals surface area contributed by atoms with E-state index in [-0.39, 0.29) is 19.1 Å². The summed E-state index contributed by atoms with van der Waals surface area (Å²) in [5.41, 5.74) is 0.438. The molecular formula is C13H13BrClNO4. The average Bonchev–Trinajstić information content (AvgIpc) is 2.86. The molecule has 1 fully saturated rings. The van der Waals surface area contributed by atoms with E-state index in [0.717, 1.165) is 0 Å². The molecule has 0 saturated carbocycles. The van der Waals surface area contributed by atoms with Crippen LogP contribution in [0.3, 0.4) is 0 Å². The number of nitrogens with zero attached hydrogens (tertiary/aromatic N) is 1. The second kappa shape index (κ2) is 6.11. The van der Waals surface area contributed by atoms with Crippen LogP contribution in [0.1, 0.15) is 10.4 Å². The van der Waals surface area contributed by atoms with Crippen molar-refractivity contribution < 1.29 is 19.4 Å². The molecule has 0 aromatic heterocycles. The summed E-state index contributed by atoms with van der Waals surface area (Å²) in [4.78, 5) is 25.0. The van der Waals surface area contributed by atoms with Crippen LogP contribution < -0.4 is 0 Å². The van der Waals surface area contributed by atoms with Gasteiger partial charge in [-0.25, -0.2) is 0 Å². The first-order valence-corrected chi connectivity index (χ1v) is 7.11. The Balaban J connectivity index is 2.22. The number of hydrogen-bond acceptors (Lipinski definition) is 3. The highest BCUT2D eigenvalue weighted by atomic mass is 79.9. The van der Waals surface area contributed by atoms with Gasteiger partial charge in [0.25, 0.3) is 5.91 Å². The number of likely N-dealkylation sites (N-methyl/N-ethyl adjacent to an activating group) is 1. The molecule has 2 rings (SSSR count). The van der Waals surface area contributed by atoms with Crippen molar-refractivity contribution >= 4 is 39.4 Å². The number of halogens is 2. The molecule has 2 atom stereocenters. The van der Waals surface area contributed by atoms with Gasteiger partial charge in [-0.15, -0.1) is 0 Å². The summed E-state index contributed by atoms with van der Waals surface area (Å²) in [7, 11) is 1.58. The average molecular weight is 363 g/mol. The molecule has 7 heteroatoms. The van der Waals surface area contributed by atoms with E-state index < -0.39 is 17.9 Å². The predicted octanol–water partition coefficient (Wildman–Crippen LogP) is 2.27. The van der Waals surface area contributed by atoms with Crippen LogP contribution in [0.15, 0.2) is 22.7 Å². The van der Waals surface area contributed by atoms with E-state index in [1.807, 2.05) is 0 Å². The van der Waals surface area contributed by atoms with Gasteiger partial charge in [0.05, 0.1) is 24.8 Å². The molecular weight excluding hydrogens is 350 g/mol. The molecule has 108 valence electrons. The van der Waals surface area contributed by atoms with Crippen molar-refractivity contribution in [1.29, 1.82) is 0 Å². The maximum Gasteiger partial charge on any atom is 0.311 e. The number of ether oxygens (including phenoxy) is 1. The third-order valence-corrected chi connectivity index (χ3v) is 4.24. The smallest absolute Gasteiger partial charge is 0.311 e. The van der Waals surface area contributed by atoms with Crippen LogP contribution in [0, 0.1) is 5.92 Å². The summed E-state index contributed by atoms with van der Waals surface area (Å²) < 4.78 is 5.76. The van der Waals surface area contributed by atoms with Crippen molar-refractivity contribution in [3.63, 3.8) is 0 Å². The molecule has 5 nitrogen and oxygen atoms in total. The minimum atomic E-state index is -0.956. The lowest BCUT2D eigenvalue weighted by Gasteiger charge is -2.26. The lowest BCUT2D eigenvalue weighted by Crippen LogP contribution is -2.44. The summed E-state index contributed by atoms with van der Waals surface area (Å²) >= 11 is 9.13. The van der Waals surface area contributed by atoms with Gasteiger partial charge in [0.1, 0.15) is 5.92 Å². The van der Waals surface area contributed by atoms with Crippen LogP contribution in [0.4, 0.5) is 0 Å². The molecule has 1 aromatic rings. The SMILES string of the molecule is CN(C(=O)c1ccc(Cl)cc1Br)C1COCC1C(=O)O. The van der Waals surface area contributed by atoms with E-state index >= 15 is 0 Å². The Kier molecular flexibility index (Phi) is 4.67. The van der Waals surface area contributed by atoms with E-state index in [2.05, 4.69) is 15.9 Å². The lowest BCUT2D eigenvalue weighted by molar-refractivity contribution is -0.142. The maximum absolute atomic E-state index is 12.4. The number of benzene rings is 1. The fraction of sp³-hybridized carbons (Fsp3) is 0.385. The van der Waals surface area contributed by atoms with Gasteiger partial charge >= 0.3 is 5.97 Å². The fourth-order valence-electron chi connectivity index (χ4n) is 2.16. The van der Waals surface area contributed by atoms with E-state index in [9.17, 15) is 9.59 Å². The quantitative estimate of drug-likeness (QED) is 0.896. The largest absolute Gasteiger partial charge is 0.481 e. The number of hydrogen-bond donors (Lipinski definition) is 1. The van der Waals surface area contributed by atoms with Crippen LogP contribution in [0.2, 0.25) is 5.02 Å². The van der Waals surface area contributed by atoms with E-state index in [1.165, 1.54) is 4.90 Å². The summed E-state index contributed by atoms with van der Waals surface area (Å²) in [6, 6.07) is 4.38. The first-order chi connectivity index (χ1) is 9.41. The summed E-state index contributed by atoms with van der Waals surface area (Å²) in [5, 5.41) is 9.65. The molecule has 1 aromatic carbocycles. The number of rotatable bonds is 3. The van der Waals surface area contributed by atoms with Crippen molar-refractivity contribution in [3.05, 3.63) is 33.3 Å². The zero-order valence-corrected chi connectivity index (χ0v) is 13.0. The highest BCUT2D eigenvalue weighted by Crippen LogP contribution is 2.25. The molecule has 1 N–H and O–H groups in total. The van der Waals surface area contributed by atoms with Crippen molar-refractivity contribution in [2.24, 2.45) is 5.92 Å². The number of carbonyl (C=O) groups excluding carboxylic acids is 1. The van der Waals surface area contributed by atoms with Gasteiger partial charge < -0.3 is 14.7 Å². The molecule has 2 unspecified atom stereocenters. The number of carboxylic acids is 1. The Morgan fingerprint density at radius 3 is 2.75 bits per heavy atom. The Morgan fingerprint density at radius 1 is 1.45 bits per heavy atom. The Bertz CT molecular complexity index is 551. The number of aliphatic carboxylic acids is 1. The summed E-state index contributed by atoms with van der Waals surface area (Å²) in [5.74, 6) is -1.92. The third-order valence-electron chi connectivity index (χ3n) is 3.35. The van der Waals surface area contributed by atoms with Crippen LogP contribution >= 0.6 is 27.5 Å². The minimum Gasteiger partial charge on any atom is -0.481 e. The predicted molar refractivity (Wildman–Crippen MR) is 77.0 cm³/mol. The molecule has 0 spiro atoms. The number of carboxylic acid groups (broad SMARTS) is 1. The normalized spacial score (nSPS) is 21.8. The van der Waals surface area contributed by atoms with Gasteiger partial charge in [0.2, 0.25) is 0 Å². The molecule has 1 amide bonds. The molecule has 0 radical (unpaired) electrons. The van der Waals surface area contributed by atoms with Crippen LogP contribution in [-0.2, 0) is 9.53 Å². The van der Waals surface area contributed by atoms with E-state index in [1.54, 1.807) is 25.2 Å². The highest BCUT2D eigenvalue weighted by Gasteiger charge is 2.38. The van der Waals surface area contributed by atoms with E-state index in [0.29, 0.717) is 15.1 Å². The van der Waals surface area contributed by atoms with Gasteiger partial charge in [-0.1, -0.05) is 11.6 Å². The van der Waals surface area contributed by atoms with Gasteiger partial charge in [0.15, 0.2) is 0 Å². The summed E-state index contributed by atoms with van der Waals surface area (Å²) in [6.45, 7) is 0.351. The van der Waals surface area contributed by atoms with Crippen LogP contribution in [-0.4, -0.2) is 48.2 Å². The first kappa shape index (κ1) is 15.3. The number of carbonyl (C=O) groups is 2. The molecule has 1 aliphatic rings. The van der Waals surface area contributed by atoms with Crippen LogP contribution in [0.5, 0.6) is 0 Å². The van der Waals surface area contributed by atoms with Gasteiger partial charge in [-0.2, -0.15) is 0 Å². The standard InChI is InChI=1S/C13H13BrClNO4/c1-16(11-6-20-5-9(11)13(18)19)12(17)8-3-2-7(15)4-10(8)14/h2-4,9,11H,5-6H2,1H3,(H,18,19). The second-order valence-corrected chi connectivity index (χ2v) is 5.88. The fourth-order valence-corrected chi connectivity index (χ4v) is 3.02. The third kappa shape index (κ3) is 2.97. The zero-order chi connectivity index (χ0) is 14.9. The van der Waals surface area contributed by atoms with Crippen molar-refractivity contribution in [2.45, 2.75) is 6.04 Å². The molecule has 1 aliphatic heterocycles. The molecule has 0 aliphatic carbocycles. The highest BCUT2D eigenvalue weighted by molar-refractivity contribution is 9.10. The van der Waals surface area contributed by atoms with Crippen molar-refractivity contribution in [2.75, 3.05) is 20.3 Å². The topological polar surface area (TPSA) is 66.8 Å². The minimum absolute atomic E-state index is 0.124.